The summed E-state index contributed by atoms with van der Waals surface area (Å²) in [6, 6.07) is 11.3. The average molecular weight is 472 g/mol. The third kappa shape index (κ3) is 3.50. The Kier molecular flexibility index (Phi) is 4.96. The first-order valence-corrected chi connectivity index (χ1v) is 13.4. The van der Waals surface area contributed by atoms with Gasteiger partial charge in [0.15, 0.2) is 5.82 Å². The van der Waals surface area contributed by atoms with Gasteiger partial charge in [-0.2, -0.15) is 0 Å². The standard InChI is InChI=1S/C22H25N5O3S2/c28-32(29,20-8-4-10-31-20)25-19-7-2-1-6-18(19)21-23-24-22(26-13-15-11-16(26)12-15)27(21)14-17-5-3-9-30-17/h1-2,4,6-8,10,15-17,25H,3,5,9,11-14H2. The molecule has 0 spiro atoms. The van der Waals surface area contributed by atoms with Crippen LogP contribution in [-0.2, 0) is 21.3 Å². The van der Waals surface area contributed by atoms with E-state index in [0.29, 0.717) is 24.1 Å². The molecule has 7 rings (SSSR count). The molecule has 1 N–H and O–H groups in total. The van der Waals surface area contributed by atoms with Gasteiger partial charge in [-0.3, -0.25) is 9.29 Å². The van der Waals surface area contributed by atoms with Crippen LogP contribution in [0.2, 0.25) is 0 Å². The van der Waals surface area contributed by atoms with E-state index in [4.69, 9.17) is 4.74 Å². The summed E-state index contributed by atoms with van der Waals surface area (Å²) in [6.45, 7) is 2.46. The lowest BCUT2D eigenvalue weighted by Crippen LogP contribution is -2.31. The molecular weight excluding hydrogens is 446 g/mol. The summed E-state index contributed by atoms with van der Waals surface area (Å²) < 4.78 is 36.9. The maximum atomic E-state index is 12.9. The van der Waals surface area contributed by atoms with E-state index < -0.39 is 10.0 Å². The second-order valence-electron chi connectivity index (χ2n) is 8.80. The van der Waals surface area contributed by atoms with Crippen LogP contribution in [0.1, 0.15) is 25.7 Å². The van der Waals surface area contributed by atoms with Crippen molar-refractivity contribution in [3.8, 4) is 11.4 Å². The molecule has 1 saturated carbocycles. The largest absolute Gasteiger partial charge is 0.376 e. The quantitative estimate of drug-likeness (QED) is 0.567. The predicted octanol–water partition coefficient (Wildman–Crippen LogP) is 3.59. The highest BCUT2D eigenvalue weighted by Gasteiger charge is 2.45. The molecule has 10 heteroatoms. The molecule has 1 aromatic carbocycles. The number of thiophene rings is 1. The second-order valence-corrected chi connectivity index (χ2v) is 11.7. The summed E-state index contributed by atoms with van der Waals surface area (Å²) in [4.78, 5) is 2.37. The zero-order valence-electron chi connectivity index (χ0n) is 17.6. The van der Waals surface area contributed by atoms with E-state index in [2.05, 4.69) is 24.4 Å². The highest BCUT2D eigenvalue weighted by Crippen LogP contribution is 2.43. The summed E-state index contributed by atoms with van der Waals surface area (Å²) in [5.74, 6) is 2.29. The Balaban J connectivity index is 1.40. The van der Waals surface area contributed by atoms with Crippen LogP contribution in [0.5, 0.6) is 0 Å². The molecular formula is C22H25N5O3S2. The van der Waals surface area contributed by atoms with Crippen LogP contribution in [0, 0.1) is 5.92 Å². The van der Waals surface area contributed by atoms with Crippen LogP contribution in [-0.4, -0.2) is 48.5 Å². The number of aromatic nitrogens is 3. The van der Waals surface area contributed by atoms with Gasteiger partial charge in [0, 0.05) is 24.8 Å². The van der Waals surface area contributed by atoms with Gasteiger partial charge in [-0.25, -0.2) is 8.42 Å². The van der Waals surface area contributed by atoms with Gasteiger partial charge in [-0.15, -0.1) is 21.5 Å². The number of nitrogens with one attached hydrogen (secondary N) is 1. The lowest BCUT2D eigenvalue weighted by Gasteiger charge is -2.27. The van der Waals surface area contributed by atoms with E-state index in [-0.39, 0.29) is 10.3 Å². The Morgan fingerprint density at radius 1 is 1.16 bits per heavy atom. The molecule has 3 saturated heterocycles. The molecule has 5 heterocycles. The van der Waals surface area contributed by atoms with Crippen molar-refractivity contribution in [2.24, 2.45) is 5.92 Å². The highest BCUT2D eigenvalue weighted by molar-refractivity contribution is 7.94. The fourth-order valence-corrected chi connectivity index (χ4v) is 7.09. The van der Waals surface area contributed by atoms with Crippen molar-refractivity contribution in [1.82, 2.24) is 14.8 Å². The minimum Gasteiger partial charge on any atom is -0.376 e. The lowest BCUT2D eigenvalue weighted by atomic mass is 9.86. The SMILES string of the molecule is O=S(=O)(Nc1ccccc1-c1nnc(N2CC3CC2C3)n1CC1CCCO1)c1cccs1. The fraction of sp³-hybridized carbons (Fsp3) is 0.455. The Morgan fingerprint density at radius 2 is 2.03 bits per heavy atom. The molecule has 1 atom stereocenters. The maximum absolute atomic E-state index is 12.9. The predicted molar refractivity (Wildman–Crippen MR) is 123 cm³/mol. The van der Waals surface area contributed by atoms with Crippen molar-refractivity contribution >= 4 is 33.0 Å². The van der Waals surface area contributed by atoms with E-state index in [1.54, 1.807) is 23.6 Å². The first-order valence-electron chi connectivity index (χ1n) is 11.1. The summed E-state index contributed by atoms with van der Waals surface area (Å²) in [5.41, 5.74) is 1.22. The summed E-state index contributed by atoms with van der Waals surface area (Å²) in [5, 5.41) is 10.9. The van der Waals surface area contributed by atoms with Gasteiger partial charge in [-0.1, -0.05) is 18.2 Å². The Bertz CT molecular complexity index is 1210. The number of rotatable bonds is 7. The second kappa shape index (κ2) is 7.86. The van der Waals surface area contributed by atoms with Gasteiger partial charge in [0.2, 0.25) is 5.95 Å². The van der Waals surface area contributed by atoms with Gasteiger partial charge < -0.3 is 9.64 Å². The smallest absolute Gasteiger partial charge is 0.271 e. The highest BCUT2D eigenvalue weighted by atomic mass is 32.2. The van der Waals surface area contributed by atoms with Gasteiger partial charge in [0.1, 0.15) is 4.21 Å². The summed E-state index contributed by atoms with van der Waals surface area (Å²) >= 11 is 1.19. The molecule has 1 unspecified atom stereocenters. The molecule has 2 aromatic heterocycles. The zero-order valence-corrected chi connectivity index (χ0v) is 19.2. The number of fused-ring (bicyclic) bond motifs is 1. The van der Waals surface area contributed by atoms with Crippen molar-refractivity contribution in [2.45, 2.75) is 48.6 Å². The molecule has 4 aliphatic rings. The minimum atomic E-state index is -3.67. The molecule has 2 bridgehead atoms. The van der Waals surface area contributed by atoms with Gasteiger partial charge >= 0.3 is 0 Å². The van der Waals surface area contributed by atoms with Crippen LogP contribution in [0.25, 0.3) is 11.4 Å². The van der Waals surface area contributed by atoms with E-state index >= 15 is 0 Å². The number of hydrogen-bond acceptors (Lipinski definition) is 7. The van der Waals surface area contributed by atoms with Gasteiger partial charge in [-0.05, 0) is 55.2 Å². The minimum absolute atomic E-state index is 0.121. The number of hydrogen-bond donors (Lipinski definition) is 1. The number of nitrogens with zero attached hydrogens (tertiary/aromatic N) is 4. The van der Waals surface area contributed by atoms with Gasteiger partial charge in [0.05, 0.1) is 18.3 Å². The van der Waals surface area contributed by atoms with Crippen LogP contribution in [0.3, 0.4) is 0 Å². The first kappa shape index (κ1) is 20.2. The van der Waals surface area contributed by atoms with E-state index in [1.165, 1.54) is 24.2 Å². The maximum Gasteiger partial charge on any atom is 0.271 e. The van der Waals surface area contributed by atoms with Crippen LogP contribution >= 0.6 is 11.3 Å². The van der Waals surface area contributed by atoms with Crippen molar-refractivity contribution in [3.05, 3.63) is 41.8 Å². The Morgan fingerprint density at radius 3 is 2.75 bits per heavy atom. The molecule has 32 heavy (non-hydrogen) atoms. The third-order valence-corrected chi connectivity index (χ3v) is 9.44. The zero-order chi connectivity index (χ0) is 21.7. The van der Waals surface area contributed by atoms with Crippen molar-refractivity contribution in [3.63, 3.8) is 0 Å². The normalized spacial score (nSPS) is 24.6. The third-order valence-electron chi connectivity index (χ3n) is 6.68. The van der Waals surface area contributed by atoms with E-state index in [1.807, 2.05) is 18.2 Å². The van der Waals surface area contributed by atoms with E-state index in [0.717, 1.165) is 43.4 Å². The van der Waals surface area contributed by atoms with Crippen molar-refractivity contribution < 1.29 is 13.2 Å². The average Bonchev–Trinajstić information content (AvgIpc) is 3.56. The van der Waals surface area contributed by atoms with E-state index in [9.17, 15) is 8.42 Å². The fourth-order valence-electron chi connectivity index (χ4n) is 5.02. The summed E-state index contributed by atoms with van der Waals surface area (Å²) in [7, 11) is -3.67. The molecule has 3 aliphatic heterocycles. The molecule has 3 aromatic rings. The van der Waals surface area contributed by atoms with Crippen molar-refractivity contribution in [2.75, 3.05) is 22.8 Å². The molecule has 4 fully saturated rings. The molecule has 8 nitrogen and oxygen atoms in total. The molecule has 0 radical (unpaired) electrons. The molecule has 0 amide bonds. The van der Waals surface area contributed by atoms with Crippen molar-refractivity contribution in [1.29, 1.82) is 0 Å². The lowest BCUT2D eigenvalue weighted by molar-refractivity contribution is 0.0975. The Labute approximate surface area is 191 Å². The van der Waals surface area contributed by atoms with Gasteiger partial charge in [0.25, 0.3) is 10.0 Å². The Hall–Kier alpha value is -2.43. The first-order chi connectivity index (χ1) is 15.6. The number of sulfonamides is 1. The monoisotopic (exact) mass is 471 g/mol. The molecule has 1 aliphatic carbocycles. The number of benzene rings is 1. The molecule has 168 valence electrons. The van der Waals surface area contributed by atoms with Crippen LogP contribution in [0.4, 0.5) is 11.6 Å². The number of para-hydroxylation sites is 1. The summed E-state index contributed by atoms with van der Waals surface area (Å²) in [6.07, 6.45) is 4.63. The van der Waals surface area contributed by atoms with Crippen LogP contribution < -0.4 is 9.62 Å². The topological polar surface area (TPSA) is 89.4 Å². The number of anilines is 2. The van der Waals surface area contributed by atoms with Crippen LogP contribution in [0.15, 0.2) is 46.0 Å². The number of ether oxygens (including phenoxy) is 1.